The normalized spacial score (nSPS) is 11.8. The van der Waals surface area contributed by atoms with Crippen LogP contribution in [0.25, 0.3) is 10.2 Å². The number of thiazole rings is 1. The lowest BCUT2D eigenvalue weighted by Crippen LogP contribution is -2.17. The number of para-hydroxylation sites is 1. The van der Waals surface area contributed by atoms with Crippen molar-refractivity contribution in [1.29, 1.82) is 0 Å². The van der Waals surface area contributed by atoms with Gasteiger partial charge in [0.05, 0.1) is 21.7 Å². The molecule has 0 aliphatic carbocycles. The van der Waals surface area contributed by atoms with E-state index >= 15 is 0 Å². The summed E-state index contributed by atoms with van der Waals surface area (Å²) in [5.74, 6) is 0.845. The Labute approximate surface area is 175 Å². The lowest BCUT2D eigenvalue weighted by molar-refractivity contribution is 0.600. The zero-order valence-corrected chi connectivity index (χ0v) is 18.7. The van der Waals surface area contributed by atoms with Crippen LogP contribution in [0.2, 0.25) is 0 Å². The molecule has 3 rings (SSSR count). The van der Waals surface area contributed by atoms with Crippen LogP contribution in [0.1, 0.15) is 37.3 Å². The summed E-state index contributed by atoms with van der Waals surface area (Å²) in [5, 5.41) is 0. The Bertz CT molecular complexity index is 996. The first-order valence-electron chi connectivity index (χ1n) is 9.55. The van der Waals surface area contributed by atoms with E-state index in [-0.39, 0.29) is 5.75 Å². The number of aryl methyl sites for hydroxylation is 2. The number of anilines is 1. The molecule has 0 spiro atoms. The summed E-state index contributed by atoms with van der Waals surface area (Å²) in [4.78, 5) is 4.57. The first kappa shape index (κ1) is 21.1. The van der Waals surface area contributed by atoms with Gasteiger partial charge in [0.15, 0.2) is 4.34 Å². The van der Waals surface area contributed by atoms with Gasteiger partial charge in [-0.25, -0.2) is 13.4 Å². The topological polar surface area (TPSA) is 59.1 Å². The Balaban J connectivity index is 1.49. The van der Waals surface area contributed by atoms with Crippen LogP contribution in [0.4, 0.5) is 5.69 Å². The average molecular weight is 435 g/mol. The van der Waals surface area contributed by atoms with E-state index in [9.17, 15) is 8.42 Å². The maximum absolute atomic E-state index is 12.4. The maximum atomic E-state index is 12.4. The molecule has 0 saturated carbocycles. The summed E-state index contributed by atoms with van der Waals surface area (Å²) in [6.45, 7) is 4.13. The number of sulfonamides is 1. The number of fused-ring (bicyclic) bond motifs is 1. The Morgan fingerprint density at radius 2 is 1.96 bits per heavy atom. The van der Waals surface area contributed by atoms with Crippen LogP contribution < -0.4 is 4.72 Å². The summed E-state index contributed by atoms with van der Waals surface area (Å²) in [6, 6.07) is 14.0. The quantitative estimate of drug-likeness (QED) is 0.320. The van der Waals surface area contributed by atoms with Crippen LogP contribution in [0.5, 0.6) is 0 Å². The molecule has 0 saturated heterocycles. The Morgan fingerprint density at radius 3 is 2.71 bits per heavy atom. The Morgan fingerprint density at radius 1 is 1.14 bits per heavy atom. The second kappa shape index (κ2) is 9.76. The summed E-state index contributed by atoms with van der Waals surface area (Å²) < 4.78 is 29.8. The van der Waals surface area contributed by atoms with Crippen LogP contribution in [0.3, 0.4) is 0 Å². The number of benzene rings is 2. The Kier molecular flexibility index (Phi) is 7.37. The van der Waals surface area contributed by atoms with Gasteiger partial charge in [-0.3, -0.25) is 4.72 Å². The smallest absolute Gasteiger partial charge is 0.232 e. The summed E-state index contributed by atoms with van der Waals surface area (Å²) in [7, 11) is -3.35. The van der Waals surface area contributed by atoms with Crippen molar-refractivity contribution in [3.8, 4) is 0 Å². The molecule has 28 heavy (non-hydrogen) atoms. The molecule has 150 valence electrons. The molecule has 2 aromatic carbocycles. The number of hydrogen-bond donors (Lipinski definition) is 1. The minimum absolute atomic E-state index is 0.113. The van der Waals surface area contributed by atoms with Crippen molar-refractivity contribution in [2.45, 2.75) is 43.9 Å². The van der Waals surface area contributed by atoms with Crippen molar-refractivity contribution in [2.75, 3.05) is 16.2 Å². The van der Waals surface area contributed by atoms with E-state index in [1.54, 1.807) is 23.1 Å². The average Bonchev–Trinajstić information content (AvgIpc) is 3.08. The van der Waals surface area contributed by atoms with Gasteiger partial charge in [-0.05, 0) is 55.5 Å². The molecule has 1 aromatic heterocycles. The van der Waals surface area contributed by atoms with Gasteiger partial charge in [0, 0.05) is 5.75 Å². The van der Waals surface area contributed by atoms with Gasteiger partial charge in [0.1, 0.15) is 0 Å². The van der Waals surface area contributed by atoms with E-state index in [1.165, 1.54) is 5.56 Å². The number of nitrogens with zero attached hydrogens (tertiary/aromatic N) is 1. The van der Waals surface area contributed by atoms with E-state index in [0.29, 0.717) is 12.1 Å². The van der Waals surface area contributed by atoms with E-state index in [2.05, 4.69) is 28.8 Å². The van der Waals surface area contributed by atoms with Crippen LogP contribution in [0, 0.1) is 6.92 Å². The summed E-state index contributed by atoms with van der Waals surface area (Å²) >= 11 is 3.27. The zero-order chi connectivity index (χ0) is 20.0. The Hall–Kier alpha value is -1.57. The monoisotopic (exact) mass is 434 g/mol. The molecule has 0 bridgehead atoms. The number of hydrogen-bond acceptors (Lipinski definition) is 5. The van der Waals surface area contributed by atoms with Gasteiger partial charge < -0.3 is 0 Å². The van der Waals surface area contributed by atoms with Crippen molar-refractivity contribution >= 4 is 49.0 Å². The molecule has 0 aliphatic heterocycles. The fraction of sp³-hybridized carbons (Fsp3) is 0.381. The van der Waals surface area contributed by atoms with Crippen molar-refractivity contribution in [1.82, 2.24) is 4.98 Å². The van der Waals surface area contributed by atoms with Gasteiger partial charge in [-0.2, -0.15) is 0 Å². The van der Waals surface area contributed by atoms with Crippen molar-refractivity contribution in [3.63, 3.8) is 0 Å². The van der Waals surface area contributed by atoms with E-state index in [4.69, 9.17) is 0 Å². The predicted molar refractivity (Wildman–Crippen MR) is 122 cm³/mol. The van der Waals surface area contributed by atoms with Crippen LogP contribution in [0.15, 0.2) is 46.8 Å². The van der Waals surface area contributed by atoms with Crippen LogP contribution in [-0.4, -0.2) is 24.9 Å². The molecule has 0 aliphatic rings. The number of rotatable bonds is 10. The summed E-state index contributed by atoms with van der Waals surface area (Å²) in [5.41, 5.74) is 3.91. The predicted octanol–water partition coefficient (Wildman–Crippen LogP) is 5.87. The molecule has 4 nitrogen and oxygen atoms in total. The SMILES string of the molecule is CCCCc1ccc(NS(=O)(=O)CCCSc2nc3ccccc3s2)c(C)c1. The van der Waals surface area contributed by atoms with Gasteiger partial charge in [0.25, 0.3) is 0 Å². The third kappa shape index (κ3) is 5.96. The minimum atomic E-state index is -3.35. The highest BCUT2D eigenvalue weighted by Gasteiger charge is 2.13. The second-order valence-corrected chi connectivity index (χ2v) is 11.0. The molecular weight excluding hydrogens is 408 g/mol. The maximum Gasteiger partial charge on any atom is 0.232 e. The van der Waals surface area contributed by atoms with Crippen molar-refractivity contribution in [2.24, 2.45) is 0 Å². The fourth-order valence-corrected chi connectivity index (χ4v) is 6.37. The van der Waals surface area contributed by atoms with Gasteiger partial charge in [-0.1, -0.05) is 49.4 Å². The standard InChI is InChI=1S/C21H26N2O2S3/c1-3-4-8-17-11-12-18(16(2)15-17)23-28(24,25)14-7-13-26-21-22-19-9-5-6-10-20(19)27-21/h5-6,9-12,15,23H,3-4,7-8,13-14H2,1-2H3. The van der Waals surface area contributed by atoms with Crippen LogP contribution >= 0.6 is 23.1 Å². The van der Waals surface area contributed by atoms with Crippen molar-refractivity contribution < 1.29 is 8.42 Å². The van der Waals surface area contributed by atoms with E-state index in [1.807, 2.05) is 37.3 Å². The highest BCUT2D eigenvalue weighted by atomic mass is 32.2. The molecule has 7 heteroatoms. The molecule has 0 atom stereocenters. The number of thioether (sulfide) groups is 1. The third-order valence-corrected chi connectivity index (χ3v) is 8.06. The van der Waals surface area contributed by atoms with Crippen molar-refractivity contribution in [3.05, 3.63) is 53.6 Å². The number of nitrogens with one attached hydrogen (secondary N) is 1. The zero-order valence-electron chi connectivity index (χ0n) is 16.3. The molecule has 0 unspecified atom stereocenters. The van der Waals surface area contributed by atoms with Crippen LogP contribution in [-0.2, 0) is 16.4 Å². The molecule has 0 fully saturated rings. The molecule has 0 radical (unpaired) electrons. The second-order valence-electron chi connectivity index (χ2n) is 6.82. The number of unbranched alkanes of at least 4 members (excludes halogenated alkanes) is 1. The van der Waals surface area contributed by atoms with Gasteiger partial charge in [-0.15, -0.1) is 11.3 Å². The highest BCUT2D eigenvalue weighted by Crippen LogP contribution is 2.29. The van der Waals surface area contributed by atoms with E-state index < -0.39 is 10.0 Å². The summed E-state index contributed by atoms with van der Waals surface area (Å²) in [6.07, 6.45) is 3.93. The third-order valence-electron chi connectivity index (χ3n) is 4.43. The van der Waals surface area contributed by atoms with Gasteiger partial charge >= 0.3 is 0 Å². The first-order chi connectivity index (χ1) is 13.5. The van der Waals surface area contributed by atoms with Gasteiger partial charge in [0.2, 0.25) is 10.0 Å². The molecule has 0 amide bonds. The molecule has 3 aromatic rings. The fourth-order valence-electron chi connectivity index (χ4n) is 2.92. The molecule has 1 N–H and O–H groups in total. The highest BCUT2D eigenvalue weighted by molar-refractivity contribution is 8.01. The minimum Gasteiger partial charge on any atom is -0.283 e. The lowest BCUT2D eigenvalue weighted by atomic mass is 10.1. The van der Waals surface area contributed by atoms with E-state index in [0.717, 1.165) is 45.1 Å². The molecular formula is C21H26N2O2S3. The first-order valence-corrected chi connectivity index (χ1v) is 13.0. The number of aromatic nitrogens is 1. The molecule has 1 heterocycles. The largest absolute Gasteiger partial charge is 0.283 e. The lowest BCUT2D eigenvalue weighted by Gasteiger charge is -2.12.